The molecular weight excluding hydrogens is 1090 g/mol. The van der Waals surface area contributed by atoms with Gasteiger partial charge in [0.15, 0.2) is 12.2 Å². The molecule has 0 heterocycles. The van der Waals surface area contributed by atoms with E-state index in [1.165, 1.54) is 109 Å². The van der Waals surface area contributed by atoms with Crippen LogP contribution in [0.3, 0.4) is 0 Å². The van der Waals surface area contributed by atoms with E-state index in [9.17, 15) is 43.2 Å². The van der Waals surface area contributed by atoms with Gasteiger partial charge in [-0.15, -0.1) is 0 Å². The quantitative estimate of drug-likeness (QED) is 0.0222. The predicted molar refractivity (Wildman–Crippen MR) is 326 cm³/mol. The highest BCUT2D eigenvalue weighted by Gasteiger charge is 2.30. The molecule has 7 atom stereocenters. The van der Waals surface area contributed by atoms with E-state index in [2.05, 4.69) is 48.5 Å². The minimum atomic E-state index is -4.94. The molecule has 17 nitrogen and oxygen atoms in total. The molecule has 0 spiro atoms. The second-order valence-electron chi connectivity index (χ2n) is 23.8. The van der Waals surface area contributed by atoms with Crippen molar-refractivity contribution in [3.63, 3.8) is 0 Å². The van der Waals surface area contributed by atoms with Gasteiger partial charge >= 0.3 is 39.5 Å². The molecule has 0 saturated heterocycles. The Bertz CT molecular complexity index is 1630. The molecule has 0 aliphatic carbocycles. The summed E-state index contributed by atoms with van der Waals surface area (Å²) in [5.41, 5.74) is 0. The first-order valence-electron chi connectivity index (χ1n) is 32.9. The van der Waals surface area contributed by atoms with Crippen LogP contribution in [0.2, 0.25) is 0 Å². The lowest BCUT2D eigenvalue weighted by Crippen LogP contribution is -2.30. The van der Waals surface area contributed by atoms with Gasteiger partial charge in [-0.2, -0.15) is 0 Å². The number of hydrogen-bond acceptors (Lipinski definition) is 15. The molecule has 0 aromatic heterocycles. The van der Waals surface area contributed by atoms with Gasteiger partial charge in [-0.3, -0.25) is 37.3 Å². The summed E-state index contributed by atoms with van der Waals surface area (Å²) in [6.07, 6.45) is 35.1. The summed E-state index contributed by atoms with van der Waals surface area (Å²) in [5, 5.41) is 10.5. The number of carbonyl (C=O) groups is 4. The maximum Gasteiger partial charge on any atom is 0.472 e. The monoisotopic (exact) mass is 1210 g/mol. The molecule has 486 valence electrons. The predicted octanol–water partition coefficient (Wildman–Crippen LogP) is 17.1. The summed E-state index contributed by atoms with van der Waals surface area (Å²) in [5.74, 6) is 0.150. The number of rotatable bonds is 61. The number of carbonyl (C=O) groups excluding carboxylic acids is 4. The third-order valence-corrected chi connectivity index (χ3v) is 17.0. The normalized spacial score (nSPS) is 15.1. The Labute approximate surface area is 498 Å². The largest absolute Gasteiger partial charge is 0.472 e. The van der Waals surface area contributed by atoms with Crippen LogP contribution in [-0.2, 0) is 65.4 Å². The fraction of sp³-hybridized carbons (Fsp3) is 0.937. The highest BCUT2D eigenvalue weighted by Crippen LogP contribution is 2.45. The Morgan fingerprint density at radius 2 is 0.622 bits per heavy atom. The van der Waals surface area contributed by atoms with Crippen LogP contribution in [0, 0.1) is 17.8 Å². The van der Waals surface area contributed by atoms with Crippen LogP contribution >= 0.6 is 15.6 Å². The van der Waals surface area contributed by atoms with Crippen molar-refractivity contribution < 1.29 is 80.2 Å². The zero-order chi connectivity index (χ0) is 61.0. The lowest BCUT2D eigenvalue weighted by molar-refractivity contribution is -0.161. The summed E-state index contributed by atoms with van der Waals surface area (Å²) in [6.45, 7) is 11.7. The molecule has 0 aromatic rings. The second kappa shape index (κ2) is 54.5. The fourth-order valence-corrected chi connectivity index (χ4v) is 10.8. The number of esters is 4. The number of phosphoric ester groups is 2. The van der Waals surface area contributed by atoms with Gasteiger partial charge in [0, 0.05) is 25.7 Å². The van der Waals surface area contributed by atoms with Gasteiger partial charge < -0.3 is 33.8 Å². The van der Waals surface area contributed by atoms with Gasteiger partial charge in [0.25, 0.3) is 0 Å². The van der Waals surface area contributed by atoms with Gasteiger partial charge in [-0.1, -0.05) is 254 Å². The number of phosphoric acid groups is 2. The van der Waals surface area contributed by atoms with E-state index < -0.39 is 97.5 Å². The Morgan fingerprint density at radius 1 is 0.354 bits per heavy atom. The first kappa shape index (κ1) is 80.1. The van der Waals surface area contributed by atoms with Gasteiger partial charge in [-0.25, -0.2) is 9.13 Å². The van der Waals surface area contributed by atoms with Crippen molar-refractivity contribution in [2.24, 2.45) is 17.8 Å². The third kappa shape index (κ3) is 54.7. The molecule has 0 aromatic carbocycles. The van der Waals surface area contributed by atoms with Crippen LogP contribution in [-0.4, -0.2) is 96.7 Å². The summed E-state index contributed by atoms with van der Waals surface area (Å²) in [6, 6.07) is 0. The molecule has 4 unspecified atom stereocenters. The van der Waals surface area contributed by atoms with Crippen LogP contribution in [0.4, 0.5) is 0 Å². The van der Waals surface area contributed by atoms with Crippen molar-refractivity contribution >= 4 is 39.5 Å². The van der Waals surface area contributed by atoms with E-state index in [1.807, 2.05) is 0 Å². The van der Waals surface area contributed by atoms with Crippen LogP contribution in [0.15, 0.2) is 0 Å². The molecule has 0 fully saturated rings. The van der Waals surface area contributed by atoms with E-state index in [1.54, 1.807) is 0 Å². The number of aliphatic hydroxyl groups excluding tert-OH is 1. The number of aliphatic hydroxyl groups is 1. The molecular formula is C63H122O17P2. The van der Waals surface area contributed by atoms with Gasteiger partial charge in [0.1, 0.15) is 19.3 Å². The Kier molecular flexibility index (Phi) is 53.2. The average Bonchev–Trinajstić information content (AvgIpc) is 3.44. The van der Waals surface area contributed by atoms with Gasteiger partial charge in [0.2, 0.25) is 0 Å². The topological polar surface area (TPSA) is 237 Å². The van der Waals surface area contributed by atoms with E-state index in [-0.39, 0.29) is 25.7 Å². The number of unbranched alkanes of at least 4 members (excludes halogenated alkanes) is 27. The van der Waals surface area contributed by atoms with E-state index in [0.717, 1.165) is 114 Å². The number of hydrogen-bond donors (Lipinski definition) is 3. The van der Waals surface area contributed by atoms with Crippen molar-refractivity contribution in [1.82, 2.24) is 0 Å². The van der Waals surface area contributed by atoms with Crippen LogP contribution in [0.25, 0.3) is 0 Å². The Balaban J connectivity index is 5.20. The maximum atomic E-state index is 13.0. The minimum absolute atomic E-state index is 0.103. The lowest BCUT2D eigenvalue weighted by atomic mass is 9.99. The van der Waals surface area contributed by atoms with Gasteiger partial charge in [0.05, 0.1) is 26.4 Å². The summed E-state index contributed by atoms with van der Waals surface area (Å²) in [4.78, 5) is 72.0. The third-order valence-electron chi connectivity index (χ3n) is 15.1. The highest BCUT2D eigenvalue weighted by atomic mass is 31.2. The molecule has 0 aliphatic rings. The van der Waals surface area contributed by atoms with Crippen LogP contribution < -0.4 is 0 Å². The van der Waals surface area contributed by atoms with Crippen molar-refractivity contribution in [2.45, 2.75) is 324 Å². The average molecular weight is 1210 g/mol. The first-order chi connectivity index (χ1) is 39.3. The maximum absolute atomic E-state index is 13.0. The molecule has 0 radical (unpaired) electrons. The zero-order valence-corrected chi connectivity index (χ0v) is 54.7. The standard InChI is InChI=1S/C63H122O17P2/c1-8-11-12-27-37-44-60(65)73-50-58(79-63(68)47-40-33-26-19-17-21-28-34-41-54(4)5)52-77-81(69,70)75-48-57(64)49-76-82(71,72)78-53-59(51-74-61(66)45-38-31-24-20-18-23-30-36-43-56(7)10-3)80-62(67)46-39-32-25-16-14-13-15-22-29-35-42-55(6)9-2/h54-59,64H,8-53H2,1-7H3,(H,69,70)(H,71,72)/t55?,56?,57-,58+,59+/m0/s1. The summed E-state index contributed by atoms with van der Waals surface area (Å²) in [7, 11) is -9.88. The molecule has 0 aliphatic heterocycles. The summed E-state index contributed by atoms with van der Waals surface area (Å²) < 4.78 is 67.8. The highest BCUT2D eigenvalue weighted by molar-refractivity contribution is 7.47. The molecule has 0 amide bonds. The minimum Gasteiger partial charge on any atom is -0.462 e. The zero-order valence-electron chi connectivity index (χ0n) is 52.9. The van der Waals surface area contributed by atoms with Crippen molar-refractivity contribution in [1.29, 1.82) is 0 Å². The van der Waals surface area contributed by atoms with Gasteiger partial charge in [-0.05, 0) is 43.4 Å². The Morgan fingerprint density at radius 3 is 0.927 bits per heavy atom. The van der Waals surface area contributed by atoms with Crippen molar-refractivity contribution in [3.8, 4) is 0 Å². The van der Waals surface area contributed by atoms with E-state index in [4.69, 9.17) is 37.0 Å². The molecule has 82 heavy (non-hydrogen) atoms. The molecule has 19 heteroatoms. The van der Waals surface area contributed by atoms with Crippen molar-refractivity contribution in [2.75, 3.05) is 39.6 Å². The molecule has 0 bridgehead atoms. The summed E-state index contributed by atoms with van der Waals surface area (Å²) >= 11 is 0. The first-order valence-corrected chi connectivity index (χ1v) is 35.9. The van der Waals surface area contributed by atoms with E-state index >= 15 is 0 Å². The number of ether oxygens (including phenoxy) is 4. The van der Waals surface area contributed by atoms with Crippen LogP contribution in [0.1, 0.15) is 305 Å². The SMILES string of the molecule is CCCCCCCC(=O)OC[C@H](COP(=O)(O)OC[C@H](O)COP(=O)(O)OC[C@@H](COC(=O)CCCCCCCCCCC(C)CC)OC(=O)CCCCCCCCCCCCC(C)CC)OC(=O)CCCCCCCCCCC(C)C. The van der Waals surface area contributed by atoms with E-state index in [0.29, 0.717) is 25.7 Å². The molecule has 3 N–H and O–H groups in total. The van der Waals surface area contributed by atoms with Crippen LogP contribution in [0.5, 0.6) is 0 Å². The molecule has 0 saturated carbocycles. The lowest BCUT2D eigenvalue weighted by Gasteiger charge is -2.21. The van der Waals surface area contributed by atoms with Crippen molar-refractivity contribution in [3.05, 3.63) is 0 Å². The second-order valence-corrected chi connectivity index (χ2v) is 26.7. The smallest absolute Gasteiger partial charge is 0.462 e. The Hall–Kier alpha value is -1.94. The molecule has 0 rings (SSSR count). The fourth-order valence-electron chi connectivity index (χ4n) is 9.24.